The van der Waals surface area contributed by atoms with Gasteiger partial charge in [-0.25, -0.2) is 0 Å². The first kappa shape index (κ1) is 24.3. The summed E-state index contributed by atoms with van der Waals surface area (Å²) in [6, 6.07) is 23.0. The second kappa shape index (κ2) is 12.1. The maximum Gasteiger partial charge on any atom is 0.0683 e. The molecule has 0 saturated carbocycles. The SMILES string of the molecule is C=C(NCc1ccccc1)C1CCCN1C(=C)Cc1cc(C)[nH]n1.CC(N)c1ccccc1. The number of hydrogen-bond donors (Lipinski definition) is 3. The van der Waals surface area contributed by atoms with E-state index in [4.69, 9.17) is 5.73 Å². The largest absolute Gasteiger partial charge is 0.383 e. The van der Waals surface area contributed by atoms with E-state index in [1.807, 2.05) is 50.2 Å². The monoisotopic (exact) mass is 443 g/mol. The fourth-order valence-electron chi connectivity index (χ4n) is 4.07. The molecule has 1 aliphatic heterocycles. The molecule has 0 spiro atoms. The molecule has 1 saturated heterocycles. The highest BCUT2D eigenvalue weighted by Crippen LogP contribution is 2.27. The summed E-state index contributed by atoms with van der Waals surface area (Å²) in [5, 5.41) is 10.8. The molecule has 2 heterocycles. The van der Waals surface area contributed by atoms with E-state index in [0.29, 0.717) is 6.04 Å². The number of nitrogens with two attached hydrogens (primary N) is 1. The van der Waals surface area contributed by atoms with Crippen molar-refractivity contribution in [1.29, 1.82) is 0 Å². The molecule has 1 aromatic heterocycles. The van der Waals surface area contributed by atoms with E-state index >= 15 is 0 Å². The van der Waals surface area contributed by atoms with Gasteiger partial charge in [0, 0.05) is 42.6 Å². The van der Waals surface area contributed by atoms with Crippen LogP contribution >= 0.6 is 0 Å². The minimum absolute atomic E-state index is 0.159. The maximum absolute atomic E-state index is 5.61. The van der Waals surface area contributed by atoms with Gasteiger partial charge in [0.05, 0.1) is 11.7 Å². The van der Waals surface area contributed by atoms with Crippen molar-refractivity contribution in [1.82, 2.24) is 20.4 Å². The summed E-state index contributed by atoms with van der Waals surface area (Å²) in [4.78, 5) is 2.38. The molecule has 1 aliphatic rings. The van der Waals surface area contributed by atoms with Gasteiger partial charge in [0.15, 0.2) is 0 Å². The van der Waals surface area contributed by atoms with Gasteiger partial charge in [0.2, 0.25) is 0 Å². The lowest BCUT2D eigenvalue weighted by Gasteiger charge is -2.30. The van der Waals surface area contributed by atoms with E-state index in [9.17, 15) is 0 Å². The van der Waals surface area contributed by atoms with Gasteiger partial charge in [-0.05, 0) is 43.9 Å². The van der Waals surface area contributed by atoms with Gasteiger partial charge in [-0.1, -0.05) is 73.8 Å². The third kappa shape index (κ3) is 7.36. The highest BCUT2D eigenvalue weighted by atomic mass is 15.2. The summed E-state index contributed by atoms with van der Waals surface area (Å²) in [5.74, 6) is 0. The predicted octanol–water partition coefficient (Wildman–Crippen LogP) is 5.25. The van der Waals surface area contributed by atoms with Gasteiger partial charge in [-0.3, -0.25) is 5.10 Å². The standard InChI is InChI=1S/C20H26N4.C8H11N/c1-15-12-19(23-22-15)13-16(2)24-11-7-10-20(24)17(3)21-14-18-8-5-4-6-9-18;1-7(9)8-5-3-2-4-6-8/h4-6,8-9,12,20-21H,2-3,7,10-11,13-14H2,1H3,(H,22,23);2-7H,9H2,1H3. The molecule has 5 nitrogen and oxygen atoms in total. The second-order valence-electron chi connectivity index (χ2n) is 8.70. The molecule has 0 bridgehead atoms. The van der Waals surface area contributed by atoms with Gasteiger partial charge in [0.25, 0.3) is 0 Å². The lowest BCUT2D eigenvalue weighted by Crippen LogP contribution is -2.35. The molecule has 3 aromatic rings. The maximum atomic E-state index is 5.61. The van der Waals surface area contributed by atoms with E-state index in [1.165, 1.54) is 17.5 Å². The lowest BCUT2D eigenvalue weighted by atomic mass is 10.1. The van der Waals surface area contributed by atoms with Crippen molar-refractivity contribution in [3.63, 3.8) is 0 Å². The van der Waals surface area contributed by atoms with Crippen LogP contribution in [-0.2, 0) is 13.0 Å². The minimum atomic E-state index is 0.159. The molecule has 0 aliphatic carbocycles. The Labute approximate surface area is 198 Å². The fourth-order valence-corrected chi connectivity index (χ4v) is 4.07. The Hall–Kier alpha value is -3.31. The lowest BCUT2D eigenvalue weighted by molar-refractivity contribution is 0.337. The molecule has 0 radical (unpaired) electrons. The number of aromatic amines is 1. The summed E-state index contributed by atoms with van der Waals surface area (Å²) in [5.41, 5.74) is 12.4. The summed E-state index contributed by atoms with van der Waals surface area (Å²) in [6.07, 6.45) is 3.08. The van der Waals surface area contributed by atoms with Gasteiger partial charge in [-0.15, -0.1) is 0 Å². The van der Waals surface area contributed by atoms with Crippen LogP contribution in [-0.4, -0.2) is 27.7 Å². The van der Waals surface area contributed by atoms with Gasteiger partial charge in [-0.2, -0.15) is 5.10 Å². The topological polar surface area (TPSA) is 70.0 Å². The Morgan fingerprint density at radius 3 is 2.39 bits per heavy atom. The van der Waals surface area contributed by atoms with Crippen LogP contribution in [0.25, 0.3) is 0 Å². The third-order valence-corrected chi connectivity index (χ3v) is 5.89. The molecule has 0 amide bonds. The third-order valence-electron chi connectivity index (χ3n) is 5.89. The number of hydrogen-bond acceptors (Lipinski definition) is 4. The quantitative estimate of drug-likeness (QED) is 0.445. The first-order chi connectivity index (χ1) is 15.9. The van der Waals surface area contributed by atoms with Crippen molar-refractivity contribution >= 4 is 0 Å². The highest BCUT2D eigenvalue weighted by molar-refractivity contribution is 5.20. The Morgan fingerprint density at radius 1 is 1.15 bits per heavy atom. The number of benzene rings is 2. The van der Waals surface area contributed by atoms with Crippen molar-refractivity contribution < 1.29 is 0 Å². The molecule has 2 atom stereocenters. The average Bonchev–Trinajstić information content (AvgIpc) is 3.48. The first-order valence-corrected chi connectivity index (χ1v) is 11.7. The molecule has 5 heteroatoms. The van der Waals surface area contributed by atoms with Crippen LogP contribution < -0.4 is 11.1 Å². The van der Waals surface area contributed by atoms with Crippen molar-refractivity contribution in [3.05, 3.63) is 114 Å². The molecule has 33 heavy (non-hydrogen) atoms. The number of allylic oxidation sites excluding steroid dienone is 1. The predicted molar refractivity (Wildman–Crippen MR) is 137 cm³/mol. The van der Waals surface area contributed by atoms with Crippen LogP contribution in [0.1, 0.15) is 48.3 Å². The zero-order valence-electron chi connectivity index (χ0n) is 19.9. The molecule has 1 fully saturated rings. The Bertz CT molecular complexity index is 1010. The van der Waals surface area contributed by atoms with E-state index < -0.39 is 0 Å². The van der Waals surface area contributed by atoms with E-state index in [2.05, 4.69) is 63.9 Å². The minimum Gasteiger partial charge on any atom is -0.383 e. The van der Waals surface area contributed by atoms with Crippen LogP contribution in [0.15, 0.2) is 91.3 Å². The van der Waals surface area contributed by atoms with Gasteiger partial charge >= 0.3 is 0 Å². The van der Waals surface area contributed by atoms with Gasteiger partial charge in [0.1, 0.15) is 0 Å². The number of aromatic nitrogens is 2. The van der Waals surface area contributed by atoms with E-state index in [-0.39, 0.29) is 6.04 Å². The van der Waals surface area contributed by atoms with Crippen LogP contribution in [0, 0.1) is 6.92 Å². The van der Waals surface area contributed by atoms with Crippen LogP contribution in [0.3, 0.4) is 0 Å². The molecule has 2 aromatic carbocycles. The van der Waals surface area contributed by atoms with Crippen molar-refractivity contribution in [2.75, 3.05) is 6.54 Å². The van der Waals surface area contributed by atoms with Gasteiger partial charge < -0.3 is 16.0 Å². The molecule has 174 valence electrons. The van der Waals surface area contributed by atoms with Crippen molar-refractivity contribution in [2.45, 2.75) is 51.7 Å². The fraction of sp³-hybridized carbons (Fsp3) is 0.321. The zero-order valence-corrected chi connectivity index (χ0v) is 19.9. The smallest absolute Gasteiger partial charge is 0.0683 e. The normalized spacial score (nSPS) is 16.0. The average molecular weight is 444 g/mol. The summed E-state index contributed by atoms with van der Waals surface area (Å²) < 4.78 is 0. The molecule has 2 unspecified atom stereocenters. The summed E-state index contributed by atoms with van der Waals surface area (Å²) in [6.45, 7) is 14.4. The van der Waals surface area contributed by atoms with E-state index in [0.717, 1.165) is 48.7 Å². The van der Waals surface area contributed by atoms with Crippen LogP contribution in [0.2, 0.25) is 0 Å². The summed E-state index contributed by atoms with van der Waals surface area (Å²) >= 11 is 0. The van der Waals surface area contributed by atoms with Crippen LogP contribution in [0.5, 0.6) is 0 Å². The number of nitrogens with zero attached hydrogens (tertiary/aromatic N) is 2. The number of H-pyrrole nitrogens is 1. The van der Waals surface area contributed by atoms with Crippen LogP contribution in [0.4, 0.5) is 0 Å². The first-order valence-electron chi connectivity index (χ1n) is 11.7. The second-order valence-corrected chi connectivity index (χ2v) is 8.70. The van der Waals surface area contributed by atoms with Crippen molar-refractivity contribution in [2.24, 2.45) is 5.73 Å². The Morgan fingerprint density at radius 2 is 1.82 bits per heavy atom. The highest BCUT2D eigenvalue weighted by Gasteiger charge is 2.27. The van der Waals surface area contributed by atoms with E-state index in [1.54, 1.807) is 0 Å². The number of nitrogens with one attached hydrogen (secondary N) is 2. The number of rotatable bonds is 8. The molecular weight excluding hydrogens is 406 g/mol. The zero-order chi connectivity index (χ0) is 23.6. The molecule has 4 rings (SSSR count). The number of aryl methyl sites for hydroxylation is 1. The molecule has 4 N–H and O–H groups in total. The number of likely N-dealkylation sites (tertiary alicyclic amines) is 1. The summed E-state index contributed by atoms with van der Waals surface area (Å²) in [7, 11) is 0. The Kier molecular flexibility index (Phi) is 8.90. The Balaban J connectivity index is 0.000000286. The van der Waals surface area contributed by atoms with Crippen molar-refractivity contribution in [3.8, 4) is 0 Å². The molecular formula is C28H37N5.